The number of rotatable bonds is 4. The Labute approximate surface area is 282 Å². The predicted molar refractivity (Wildman–Crippen MR) is 203 cm³/mol. The molecule has 0 atom stereocenters. The van der Waals surface area contributed by atoms with Crippen LogP contribution in [0.4, 0.5) is 0 Å². The second kappa shape index (κ2) is 13.7. The molecule has 4 aliphatic heterocycles. The Hall–Kier alpha value is 1.04. The molecule has 0 N–H and O–H groups in total. The molecule has 0 aromatic rings. The normalized spacial score (nSPS) is 31.5. The molecule has 4 saturated heterocycles. The smallest absolute Gasteiger partial charge is 0.0293 e. The molecule has 44 heavy (non-hydrogen) atoms. The minimum absolute atomic E-state index is 0.320. The third kappa shape index (κ3) is 9.18. The maximum absolute atomic E-state index is 2.76. The predicted octanol–water partition coefficient (Wildman–Crippen LogP) is 13.4. The first-order valence-corrected chi connectivity index (χ1v) is 22.6. The Kier molecular flexibility index (Phi) is 12.3. The SMILES string of the molecule is CC1(C)CCCC(C)(C)N1P=PN1C(C)(C)CCCC1(C)C.CC1(C)CCCC(C)(C)N1P=PN1C(C)(C)CCCC1(C)C. The molecule has 4 heterocycles. The standard InChI is InChI=1S/2C18H36N2P2/c2*1-15(2)11-9-12-16(3,4)19(15)21-22-20-17(5,6)13-10-14-18(20,7)8/h2*9-14H2,1-8H3. The van der Waals surface area contributed by atoms with Gasteiger partial charge in [-0.2, -0.15) is 0 Å². The van der Waals surface area contributed by atoms with Gasteiger partial charge in [-0.15, -0.1) is 0 Å². The minimum atomic E-state index is 0.320. The average molecular weight is 685 g/mol. The van der Waals surface area contributed by atoms with E-state index in [2.05, 4.69) is 129 Å². The van der Waals surface area contributed by atoms with Crippen molar-refractivity contribution in [2.24, 2.45) is 0 Å². The van der Waals surface area contributed by atoms with E-state index in [0.29, 0.717) is 44.3 Å². The highest BCUT2D eigenvalue weighted by Crippen LogP contribution is 2.52. The molecule has 8 heteroatoms. The van der Waals surface area contributed by atoms with E-state index >= 15 is 0 Å². The average Bonchev–Trinajstić information content (AvgIpc) is 2.79. The van der Waals surface area contributed by atoms with E-state index < -0.39 is 0 Å². The van der Waals surface area contributed by atoms with E-state index in [4.69, 9.17) is 0 Å². The van der Waals surface area contributed by atoms with Crippen molar-refractivity contribution in [2.75, 3.05) is 0 Å². The molecule has 0 radical (unpaired) electrons. The van der Waals surface area contributed by atoms with Gasteiger partial charge in [0.2, 0.25) is 0 Å². The van der Waals surface area contributed by atoms with Crippen LogP contribution in [0.1, 0.15) is 188 Å². The molecule has 4 rings (SSSR count). The van der Waals surface area contributed by atoms with Crippen LogP contribution in [0.3, 0.4) is 0 Å². The van der Waals surface area contributed by atoms with Crippen LogP contribution in [0.15, 0.2) is 0 Å². The maximum Gasteiger partial charge on any atom is 0.0293 e. The molecule has 0 unspecified atom stereocenters. The van der Waals surface area contributed by atoms with Crippen molar-refractivity contribution >= 4 is 32.1 Å². The second-order valence-electron chi connectivity index (χ2n) is 19.5. The molecule has 0 aromatic heterocycles. The quantitative estimate of drug-likeness (QED) is 0.273. The number of hydrogen-bond donors (Lipinski definition) is 0. The summed E-state index contributed by atoms with van der Waals surface area (Å²) in [4.78, 5) is 0. The number of piperidine rings is 4. The Morgan fingerprint density at radius 2 is 0.364 bits per heavy atom. The lowest BCUT2D eigenvalue weighted by molar-refractivity contribution is 0.0612. The van der Waals surface area contributed by atoms with Crippen LogP contribution in [-0.2, 0) is 0 Å². The van der Waals surface area contributed by atoms with Crippen LogP contribution in [0.5, 0.6) is 0 Å². The first-order chi connectivity index (χ1) is 19.8. The Balaban J connectivity index is 0.000000240. The van der Waals surface area contributed by atoms with Crippen LogP contribution in [0, 0.1) is 0 Å². The fourth-order valence-electron chi connectivity index (χ4n) is 9.07. The van der Waals surface area contributed by atoms with Crippen molar-refractivity contribution in [3.05, 3.63) is 0 Å². The van der Waals surface area contributed by atoms with E-state index in [9.17, 15) is 0 Å². The fraction of sp³-hybridized carbons (Fsp3) is 1.00. The lowest BCUT2D eigenvalue weighted by atomic mass is 9.83. The number of nitrogens with zero attached hydrogens (tertiary/aromatic N) is 4. The molecule has 0 bridgehead atoms. The summed E-state index contributed by atoms with van der Waals surface area (Å²) < 4.78 is 11.0. The van der Waals surface area contributed by atoms with Crippen molar-refractivity contribution in [1.29, 1.82) is 0 Å². The van der Waals surface area contributed by atoms with Crippen LogP contribution in [-0.4, -0.2) is 63.0 Å². The summed E-state index contributed by atoms with van der Waals surface area (Å²) in [6, 6.07) is 0. The zero-order valence-electron chi connectivity index (χ0n) is 32.1. The summed E-state index contributed by atoms with van der Waals surface area (Å²) in [6.07, 6.45) is 16.1. The van der Waals surface area contributed by atoms with Gasteiger partial charge in [-0.3, -0.25) is 0 Å². The third-order valence-electron chi connectivity index (χ3n) is 11.3. The van der Waals surface area contributed by atoms with Gasteiger partial charge < -0.3 is 0 Å². The van der Waals surface area contributed by atoms with Gasteiger partial charge in [0.05, 0.1) is 0 Å². The molecule has 0 aromatic carbocycles. The summed E-state index contributed by atoms with van der Waals surface area (Å²) in [5.41, 5.74) is 2.56. The zero-order chi connectivity index (χ0) is 33.6. The van der Waals surface area contributed by atoms with Crippen LogP contribution in [0.2, 0.25) is 0 Å². The van der Waals surface area contributed by atoms with Crippen LogP contribution >= 0.6 is 32.1 Å². The van der Waals surface area contributed by atoms with E-state index in [1.165, 1.54) is 109 Å². The van der Waals surface area contributed by atoms with Gasteiger partial charge in [0.1, 0.15) is 0 Å². The number of hydrogen-bond acceptors (Lipinski definition) is 0. The first-order valence-electron chi connectivity index (χ1n) is 17.8. The topological polar surface area (TPSA) is 13.0 Å². The molecular formula is C36H72N4P4. The van der Waals surface area contributed by atoms with Crippen molar-refractivity contribution in [3.8, 4) is 0 Å². The molecule has 0 spiro atoms. The largest absolute Gasteiger partial charge is 0.242 e. The third-order valence-corrected chi connectivity index (χ3v) is 19.2. The first kappa shape index (κ1) is 39.5. The Morgan fingerprint density at radius 3 is 0.477 bits per heavy atom. The van der Waals surface area contributed by atoms with Crippen molar-refractivity contribution in [3.63, 3.8) is 0 Å². The van der Waals surface area contributed by atoms with Crippen molar-refractivity contribution in [1.82, 2.24) is 18.7 Å². The monoisotopic (exact) mass is 684 g/mol. The Bertz CT molecular complexity index is 815. The maximum atomic E-state index is 2.76. The van der Waals surface area contributed by atoms with E-state index in [-0.39, 0.29) is 0 Å². The molecule has 4 aliphatic rings. The molecule has 4 fully saturated rings. The van der Waals surface area contributed by atoms with Gasteiger partial charge in [0.15, 0.2) is 0 Å². The summed E-state index contributed by atoms with van der Waals surface area (Å²) in [6.45, 7) is 38.9. The van der Waals surface area contributed by atoms with Gasteiger partial charge in [-0.05, 0) is 188 Å². The molecular weight excluding hydrogens is 612 g/mol. The molecule has 0 amide bonds. The molecule has 4 nitrogen and oxygen atoms in total. The zero-order valence-corrected chi connectivity index (χ0v) is 35.6. The highest BCUT2D eigenvalue weighted by atomic mass is 31.7. The molecule has 0 aliphatic carbocycles. The highest BCUT2D eigenvalue weighted by molar-refractivity contribution is 7.81. The van der Waals surface area contributed by atoms with Gasteiger partial charge in [-0.1, -0.05) is 0 Å². The van der Waals surface area contributed by atoms with Gasteiger partial charge in [-0.25, -0.2) is 18.7 Å². The lowest BCUT2D eigenvalue weighted by Crippen LogP contribution is -2.54. The summed E-state index contributed by atoms with van der Waals surface area (Å²) in [5.74, 6) is 0. The molecule has 256 valence electrons. The fourth-order valence-corrected chi connectivity index (χ4v) is 18.9. The van der Waals surface area contributed by atoms with Gasteiger partial charge >= 0.3 is 0 Å². The van der Waals surface area contributed by atoms with Crippen LogP contribution in [0.25, 0.3) is 0 Å². The van der Waals surface area contributed by atoms with Crippen LogP contribution < -0.4 is 0 Å². The van der Waals surface area contributed by atoms with E-state index in [1.54, 1.807) is 0 Å². The van der Waals surface area contributed by atoms with E-state index in [1.807, 2.05) is 0 Å². The van der Waals surface area contributed by atoms with Crippen molar-refractivity contribution in [2.45, 2.75) is 232 Å². The Morgan fingerprint density at radius 1 is 0.250 bits per heavy atom. The second-order valence-corrected chi connectivity index (χ2v) is 24.0. The van der Waals surface area contributed by atoms with Crippen molar-refractivity contribution < 1.29 is 0 Å². The van der Waals surface area contributed by atoms with Gasteiger partial charge in [0, 0.05) is 76.4 Å². The molecule has 0 saturated carbocycles. The minimum Gasteiger partial charge on any atom is -0.242 e. The highest BCUT2D eigenvalue weighted by Gasteiger charge is 2.45. The summed E-state index contributed by atoms with van der Waals surface area (Å²) in [7, 11) is 5.87. The van der Waals surface area contributed by atoms with E-state index in [0.717, 1.165) is 0 Å². The lowest BCUT2D eigenvalue weighted by Gasteiger charge is -2.52. The summed E-state index contributed by atoms with van der Waals surface area (Å²) >= 11 is 0. The van der Waals surface area contributed by atoms with Gasteiger partial charge in [0.25, 0.3) is 0 Å². The summed E-state index contributed by atoms with van der Waals surface area (Å²) in [5, 5.41) is 0.